The fraction of sp³-hybridized carbons (Fsp3) is 0.176. The van der Waals surface area contributed by atoms with Crippen LogP contribution in [-0.2, 0) is 0 Å². The van der Waals surface area contributed by atoms with Gasteiger partial charge in [-0.15, -0.1) is 0 Å². The number of hydrazone groups is 1. The Balaban J connectivity index is 1.94. The summed E-state index contributed by atoms with van der Waals surface area (Å²) in [5.41, 5.74) is 6.84. The van der Waals surface area contributed by atoms with Crippen molar-refractivity contribution < 1.29 is 4.74 Å². The second-order valence-electron chi connectivity index (χ2n) is 4.86. The van der Waals surface area contributed by atoms with E-state index in [0.717, 1.165) is 22.7 Å². The minimum absolute atomic E-state index is 0.455. The van der Waals surface area contributed by atoms with Crippen LogP contribution in [0.25, 0.3) is 0 Å². The predicted octanol–water partition coefficient (Wildman–Crippen LogP) is 3.71. The molecule has 0 saturated heterocycles. The number of thiocarbonyl (C=S) groups is 1. The summed E-state index contributed by atoms with van der Waals surface area (Å²) in [6.45, 7) is 3.96. The van der Waals surface area contributed by atoms with E-state index in [-0.39, 0.29) is 0 Å². The quantitative estimate of drug-likeness (QED) is 0.513. The highest BCUT2D eigenvalue weighted by molar-refractivity contribution is 7.80. The van der Waals surface area contributed by atoms with Crippen molar-refractivity contribution in [1.29, 1.82) is 0 Å². The van der Waals surface area contributed by atoms with Gasteiger partial charge in [0.25, 0.3) is 0 Å². The summed E-state index contributed by atoms with van der Waals surface area (Å²) in [6, 6.07) is 15.7. The molecule has 0 spiro atoms. The molecule has 0 unspecified atom stereocenters. The summed E-state index contributed by atoms with van der Waals surface area (Å²) in [5.74, 6) is 0.820. The molecule has 0 amide bonds. The van der Waals surface area contributed by atoms with Crippen LogP contribution in [0.4, 0.5) is 5.69 Å². The van der Waals surface area contributed by atoms with E-state index < -0.39 is 0 Å². The zero-order valence-corrected chi connectivity index (χ0v) is 13.7. The zero-order valence-electron chi connectivity index (χ0n) is 12.9. The SMILES string of the molecule is COc1ccc(/C(C)=N\NC(=S)Nc2ccc(C)cc2)cc1. The van der Waals surface area contributed by atoms with E-state index in [9.17, 15) is 0 Å². The molecule has 2 aromatic rings. The normalized spacial score (nSPS) is 11.0. The van der Waals surface area contributed by atoms with Crippen molar-refractivity contribution in [1.82, 2.24) is 5.43 Å². The second-order valence-corrected chi connectivity index (χ2v) is 5.27. The number of methoxy groups -OCH3 is 1. The van der Waals surface area contributed by atoms with E-state index >= 15 is 0 Å². The van der Waals surface area contributed by atoms with E-state index in [1.807, 2.05) is 62.4 Å². The molecule has 0 bridgehead atoms. The van der Waals surface area contributed by atoms with Crippen molar-refractivity contribution in [3.63, 3.8) is 0 Å². The van der Waals surface area contributed by atoms with Crippen LogP contribution in [0.5, 0.6) is 5.75 Å². The lowest BCUT2D eigenvalue weighted by atomic mass is 10.1. The van der Waals surface area contributed by atoms with Crippen molar-refractivity contribution in [3.05, 3.63) is 59.7 Å². The molecule has 114 valence electrons. The van der Waals surface area contributed by atoms with Crippen LogP contribution < -0.4 is 15.5 Å². The first kappa shape index (κ1) is 16.0. The molecule has 0 aliphatic rings. The molecule has 0 aromatic heterocycles. The summed E-state index contributed by atoms with van der Waals surface area (Å²) in [5, 5.41) is 7.83. The van der Waals surface area contributed by atoms with Crippen molar-refractivity contribution in [2.45, 2.75) is 13.8 Å². The first-order valence-electron chi connectivity index (χ1n) is 6.91. The maximum Gasteiger partial charge on any atom is 0.191 e. The van der Waals surface area contributed by atoms with E-state index in [0.29, 0.717) is 5.11 Å². The minimum Gasteiger partial charge on any atom is -0.497 e. The van der Waals surface area contributed by atoms with Gasteiger partial charge in [-0.3, -0.25) is 5.43 Å². The van der Waals surface area contributed by atoms with Gasteiger partial charge in [0.1, 0.15) is 5.75 Å². The number of benzene rings is 2. The average molecular weight is 313 g/mol. The molecule has 0 fully saturated rings. The number of anilines is 1. The summed E-state index contributed by atoms with van der Waals surface area (Å²) >= 11 is 5.23. The largest absolute Gasteiger partial charge is 0.497 e. The van der Waals surface area contributed by atoms with Crippen LogP contribution in [0.2, 0.25) is 0 Å². The lowest BCUT2D eigenvalue weighted by molar-refractivity contribution is 0.415. The number of hydrogen-bond acceptors (Lipinski definition) is 3. The monoisotopic (exact) mass is 313 g/mol. The molecule has 4 nitrogen and oxygen atoms in total. The molecule has 0 saturated carbocycles. The average Bonchev–Trinajstić information content (AvgIpc) is 2.55. The highest BCUT2D eigenvalue weighted by Crippen LogP contribution is 2.12. The molecule has 0 aliphatic carbocycles. The van der Waals surface area contributed by atoms with E-state index in [4.69, 9.17) is 17.0 Å². The van der Waals surface area contributed by atoms with Crippen LogP contribution in [0.15, 0.2) is 53.6 Å². The van der Waals surface area contributed by atoms with Gasteiger partial charge >= 0.3 is 0 Å². The maximum absolute atomic E-state index is 5.23. The molecule has 0 aliphatic heterocycles. The fourth-order valence-electron chi connectivity index (χ4n) is 1.83. The number of nitrogens with zero attached hydrogens (tertiary/aromatic N) is 1. The van der Waals surface area contributed by atoms with Gasteiger partial charge in [-0.1, -0.05) is 17.7 Å². The number of rotatable bonds is 4. The van der Waals surface area contributed by atoms with Gasteiger partial charge in [0.15, 0.2) is 5.11 Å². The summed E-state index contributed by atoms with van der Waals surface area (Å²) in [4.78, 5) is 0. The smallest absolute Gasteiger partial charge is 0.191 e. The van der Waals surface area contributed by atoms with Crippen molar-refractivity contribution >= 4 is 28.7 Å². The summed E-state index contributed by atoms with van der Waals surface area (Å²) in [6.07, 6.45) is 0. The lowest BCUT2D eigenvalue weighted by Crippen LogP contribution is -2.24. The highest BCUT2D eigenvalue weighted by atomic mass is 32.1. The molecule has 2 aromatic carbocycles. The molecule has 5 heteroatoms. The Hall–Kier alpha value is -2.40. The third kappa shape index (κ3) is 4.56. The zero-order chi connectivity index (χ0) is 15.9. The first-order valence-corrected chi connectivity index (χ1v) is 7.31. The summed E-state index contributed by atoms with van der Waals surface area (Å²) < 4.78 is 5.14. The first-order chi connectivity index (χ1) is 10.6. The Kier molecular flexibility index (Phi) is 5.49. The number of nitrogens with one attached hydrogen (secondary N) is 2. The topological polar surface area (TPSA) is 45.6 Å². The fourth-order valence-corrected chi connectivity index (χ4v) is 1.99. The third-order valence-electron chi connectivity index (χ3n) is 3.14. The Morgan fingerprint density at radius 1 is 1.05 bits per heavy atom. The Morgan fingerprint density at radius 2 is 1.68 bits per heavy atom. The van der Waals surface area contributed by atoms with Crippen molar-refractivity contribution in [2.75, 3.05) is 12.4 Å². The minimum atomic E-state index is 0.455. The maximum atomic E-state index is 5.23. The van der Waals surface area contributed by atoms with Gasteiger partial charge in [-0.2, -0.15) is 5.10 Å². The molecular weight excluding hydrogens is 294 g/mol. The molecule has 2 N–H and O–H groups in total. The van der Waals surface area contributed by atoms with Crippen LogP contribution in [-0.4, -0.2) is 17.9 Å². The van der Waals surface area contributed by atoms with Gasteiger partial charge in [0.05, 0.1) is 12.8 Å². The Morgan fingerprint density at radius 3 is 2.27 bits per heavy atom. The van der Waals surface area contributed by atoms with Crippen LogP contribution in [0.3, 0.4) is 0 Å². The molecular formula is C17H19N3OS. The van der Waals surface area contributed by atoms with Gasteiger partial charge in [-0.25, -0.2) is 0 Å². The van der Waals surface area contributed by atoms with Gasteiger partial charge in [0.2, 0.25) is 0 Å². The summed E-state index contributed by atoms with van der Waals surface area (Å²) in [7, 11) is 1.65. The molecule has 0 heterocycles. The van der Waals surface area contributed by atoms with E-state index in [1.54, 1.807) is 7.11 Å². The number of hydrogen-bond donors (Lipinski definition) is 2. The predicted molar refractivity (Wildman–Crippen MR) is 95.7 cm³/mol. The molecule has 2 rings (SSSR count). The van der Waals surface area contributed by atoms with E-state index in [1.165, 1.54) is 5.56 Å². The standard InChI is InChI=1S/C17H19N3OS/c1-12-4-8-15(9-5-12)18-17(22)20-19-13(2)14-6-10-16(21-3)11-7-14/h4-11H,1-3H3,(H2,18,20,22)/b19-13-. The van der Waals surface area contributed by atoms with Crippen molar-refractivity contribution in [3.8, 4) is 5.75 Å². The van der Waals surface area contributed by atoms with Crippen LogP contribution in [0, 0.1) is 6.92 Å². The molecule has 0 radical (unpaired) electrons. The van der Waals surface area contributed by atoms with E-state index in [2.05, 4.69) is 15.8 Å². The second kappa shape index (κ2) is 7.56. The Labute approximate surface area is 136 Å². The molecule has 0 atom stereocenters. The van der Waals surface area contributed by atoms with Crippen LogP contribution >= 0.6 is 12.2 Å². The number of aryl methyl sites for hydroxylation is 1. The van der Waals surface area contributed by atoms with Crippen molar-refractivity contribution in [2.24, 2.45) is 5.10 Å². The lowest BCUT2D eigenvalue weighted by Gasteiger charge is -2.08. The van der Waals surface area contributed by atoms with Gasteiger partial charge < -0.3 is 10.1 Å². The number of ether oxygens (including phenoxy) is 1. The van der Waals surface area contributed by atoms with Crippen LogP contribution in [0.1, 0.15) is 18.1 Å². The van der Waals surface area contributed by atoms with Gasteiger partial charge in [-0.05, 0) is 68.0 Å². The highest BCUT2D eigenvalue weighted by Gasteiger charge is 2.00. The third-order valence-corrected chi connectivity index (χ3v) is 3.34. The Bertz CT molecular complexity index is 663. The van der Waals surface area contributed by atoms with Gasteiger partial charge in [0, 0.05) is 5.69 Å². The molecule has 22 heavy (non-hydrogen) atoms.